The molecular formula is C20H15BrO. The summed E-state index contributed by atoms with van der Waals surface area (Å²) in [5.74, 6) is 0.937. The van der Waals surface area contributed by atoms with Gasteiger partial charge in [-0.2, -0.15) is 0 Å². The molecule has 0 atom stereocenters. The van der Waals surface area contributed by atoms with Gasteiger partial charge in [0.25, 0.3) is 0 Å². The number of halogens is 1. The fraction of sp³-hybridized carbons (Fsp3) is 0.100. The maximum atomic E-state index is 6.12. The number of hydrogen-bond donors (Lipinski definition) is 0. The Morgan fingerprint density at radius 3 is 2.55 bits per heavy atom. The molecule has 1 aromatic heterocycles. The minimum Gasteiger partial charge on any atom is -0.456 e. The molecule has 1 nitrogen and oxygen atoms in total. The summed E-state index contributed by atoms with van der Waals surface area (Å²) in [5.41, 5.74) is 4.58. The summed E-state index contributed by atoms with van der Waals surface area (Å²) in [6, 6.07) is 19.1. The van der Waals surface area contributed by atoms with Crippen LogP contribution in [0.5, 0.6) is 0 Å². The Morgan fingerprint density at radius 2 is 1.68 bits per heavy atom. The third-order valence-electron chi connectivity index (χ3n) is 4.14. The highest BCUT2D eigenvalue weighted by Gasteiger charge is 2.11. The van der Waals surface area contributed by atoms with Crippen molar-refractivity contribution >= 4 is 37.7 Å². The quantitative estimate of drug-likeness (QED) is 0.375. The molecule has 3 aromatic carbocycles. The first-order valence-corrected chi connectivity index (χ1v) is 8.10. The molecular weight excluding hydrogens is 336 g/mol. The highest BCUT2D eigenvalue weighted by molar-refractivity contribution is 9.10. The van der Waals surface area contributed by atoms with Crippen LogP contribution < -0.4 is 0 Å². The van der Waals surface area contributed by atoms with E-state index in [1.165, 1.54) is 32.8 Å². The second-order valence-electron chi connectivity index (χ2n) is 5.77. The van der Waals surface area contributed by atoms with Crippen molar-refractivity contribution in [1.29, 1.82) is 0 Å². The van der Waals surface area contributed by atoms with Crippen LogP contribution >= 0.6 is 15.9 Å². The van der Waals surface area contributed by atoms with E-state index in [9.17, 15) is 0 Å². The Hall–Kier alpha value is -2.06. The summed E-state index contributed by atoms with van der Waals surface area (Å²) in [5, 5.41) is 3.61. The number of benzene rings is 3. The zero-order chi connectivity index (χ0) is 15.3. The Balaban J connectivity index is 2.01. The van der Waals surface area contributed by atoms with Crippen molar-refractivity contribution in [3.8, 4) is 11.3 Å². The van der Waals surface area contributed by atoms with Crippen molar-refractivity contribution in [2.75, 3.05) is 0 Å². The van der Waals surface area contributed by atoms with Crippen LogP contribution in [0.1, 0.15) is 11.1 Å². The maximum Gasteiger partial charge on any atom is 0.135 e. The zero-order valence-electron chi connectivity index (χ0n) is 12.5. The van der Waals surface area contributed by atoms with Crippen molar-refractivity contribution in [1.82, 2.24) is 0 Å². The van der Waals surface area contributed by atoms with Crippen LogP contribution in [0.4, 0.5) is 0 Å². The van der Waals surface area contributed by atoms with Crippen LogP contribution in [-0.2, 0) is 0 Å². The topological polar surface area (TPSA) is 13.1 Å². The van der Waals surface area contributed by atoms with Gasteiger partial charge >= 0.3 is 0 Å². The van der Waals surface area contributed by atoms with E-state index < -0.39 is 0 Å². The van der Waals surface area contributed by atoms with Gasteiger partial charge in [0.15, 0.2) is 0 Å². The normalized spacial score (nSPS) is 11.4. The van der Waals surface area contributed by atoms with Crippen LogP contribution in [0, 0.1) is 13.8 Å². The average Bonchev–Trinajstić information content (AvgIpc) is 2.93. The van der Waals surface area contributed by atoms with Gasteiger partial charge in [0, 0.05) is 15.4 Å². The van der Waals surface area contributed by atoms with Gasteiger partial charge in [-0.25, -0.2) is 0 Å². The Labute approximate surface area is 137 Å². The van der Waals surface area contributed by atoms with Crippen LogP contribution in [0.3, 0.4) is 0 Å². The van der Waals surface area contributed by atoms with Crippen molar-refractivity contribution in [2.24, 2.45) is 0 Å². The second kappa shape index (κ2) is 4.99. The minimum atomic E-state index is 0.936. The summed E-state index contributed by atoms with van der Waals surface area (Å²) >= 11 is 3.53. The first-order valence-electron chi connectivity index (χ1n) is 7.31. The van der Waals surface area contributed by atoms with Crippen LogP contribution in [0.2, 0.25) is 0 Å². The Morgan fingerprint density at radius 1 is 0.818 bits per heavy atom. The van der Waals surface area contributed by atoms with Crippen molar-refractivity contribution in [2.45, 2.75) is 13.8 Å². The third-order valence-corrected chi connectivity index (χ3v) is 4.63. The molecule has 1 heterocycles. The van der Waals surface area contributed by atoms with E-state index in [2.05, 4.69) is 84.4 Å². The van der Waals surface area contributed by atoms with Crippen LogP contribution in [0.15, 0.2) is 63.5 Å². The van der Waals surface area contributed by atoms with Crippen molar-refractivity contribution in [3.05, 3.63) is 70.2 Å². The van der Waals surface area contributed by atoms with Gasteiger partial charge in [-0.1, -0.05) is 45.8 Å². The molecule has 0 amide bonds. The predicted molar refractivity (Wildman–Crippen MR) is 96.3 cm³/mol. The first-order chi connectivity index (χ1) is 10.6. The lowest BCUT2D eigenvalue weighted by Gasteiger charge is -2.03. The zero-order valence-corrected chi connectivity index (χ0v) is 14.1. The molecule has 0 saturated carbocycles. The van der Waals surface area contributed by atoms with E-state index in [-0.39, 0.29) is 0 Å². The van der Waals surface area contributed by atoms with E-state index in [0.717, 1.165) is 15.8 Å². The van der Waals surface area contributed by atoms with Gasteiger partial charge in [-0.05, 0) is 60.5 Å². The monoisotopic (exact) mass is 350 g/mol. The van der Waals surface area contributed by atoms with E-state index in [0.29, 0.717) is 0 Å². The Bertz CT molecular complexity index is 1010. The average molecular weight is 351 g/mol. The van der Waals surface area contributed by atoms with Gasteiger partial charge in [-0.15, -0.1) is 0 Å². The molecule has 2 heteroatoms. The number of fused-ring (bicyclic) bond motifs is 3. The molecule has 0 unspecified atom stereocenters. The van der Waals surface area contributed by atoms with Crippen molar-refractivity contribution in [3.63, 3.8) is 0 Å². The molecule has 0 bridgehead atoms. The minimum absolute atomic E-state index is 0.936. The van der Waals surface area contributed by atoms with Crippen LogP contribution in [-0.4, -0.2) is 0 Å². The molecule has 22 heavy (non-hydrogen) atoms. The van der Waals surface area contributed by atoms with Gasteiger partial charge in [0.1, 0.15) is 11.3 Å². The predicted octanol–water partition coefficient (Wildman–Crippen LogP) is 6.63. The SMILES string of the molecule is Cc1ccc(C)c(-c2cc3c(ccc4cc(Br)ccc43)o2)c1. The smallest absolute Gasteiger partial charge is 0.135 e. The van der Waals surface area contributed by atoms with Gasteiger partial charge < -0.3 is 4.42 Å². The molecule has 0 spiro atoms. The molecule has 0 aliphatic rings. The lowest BCUT2D eigenvalue weighted by atomic mass is 10.0. The molecule has 0 aliphatic heterocycles. The number of rotatable bonds is 1. The van der Waals surface area contributed by atoms with Crippen molar-refractivity contribution < 1.29 is 4.42 Å². The van der Waals surface area contributed by atoms with Crippen LogP contribution in [0.25, 0.3) is 33.1 Å². The molecule has 4 aromatic rings. The molecule has 108 valence electrons. The number of aryl methyl sites for hydroxylation is 2. The largest absolute Gasteiger partial charge is 0.456 e. The van der Waals surface area contributed by atoms with E-state index in [1.807, 2.05) is 0 Å². The van der Waals surface area contributed by atoms with E-state index in [4.69, 9.17) is 4.42 Å². The fourth-order valence-corrected chi connectivity index (χ4v) is 3.33. The third kappa shape index (κ3) is 2.15. The van der Waals surface area contributed by atoms with Gasteiger partial charge in [0.2, 0.25) is 0 Å². The van der Waals surface area contributed by atoms with E-state index >= 15 is 0 Å². The summed E-state index contributed by atoms with van der Waals surface area (Å²) < 4.78 is 7.21. The second-order valence-corrected chi connectivity index (χ2v) is 6.69. The lowest BCUT2D eigenvalue weighted by Crippen LogP contribution is -1.82. The van der Waals surface area contributed by atoms with E-state index in [1.54, 1.807) is 0 Å². The molecule has 4 rings (SSSR count). The molecule has 0 aliphatic carbocycles. The number of furan rings is 1. The highest BCUT2D eigenvalue weighted by Crippen LogP contribution is 2.35. The highest BCUT2D eigenvalue weighted by atomic mass is 79.9. The molecule has 0 radical (unpaired) electrons. The summed E-state index contributed by atoms with van der Waals surface area (Å²) in [7, 11) is 0. The first kappa shape index (κ1) is 13.6. The summed E-state index contributed by atoms with van der Waals surface area (Å²) in [4.78, 5) is 0. The summed E-state index contributed by atoms with van der Waals surface area (Å²) in [6.07, 6.45) is 0. The molecule has 0 saturated heterocycles. The molecule has 0 fully saturated rings. The summed E-state index contributed by atoms with van der Waals surface area (Å²) in [6.45, 7) is 4.23. The standard InChI is InChI=1S/C20H15BrO/c1-12-3-4-13(2)17(9-12)20-11-18-16-7-6-15(21)10-14(16)5-8-19(18)22-20/h3-11H,1-2H3. The Kier molecular flexibility index (Phi) is 3.08. The van der Waals surface area contributed by atoms with Gasteiger partial charge in [-0.3, -0.25) is 0 Å². The van der Waals surface area contributed by atoms with Gasteiger partial charge in [0.05, 0.1) is 0 Å². The fourth-order valence-electron chi connectivity index (χ4n) is 2.96. The maximum absolute atomic E-state index is 6.12. The number of hydrogen-bond acceptors (Lipinski definition) is 1. The lowest BCUT2D eigenvalue weighted by molar-refractivity contribution is 0.631. The molecule has 0 N–H and O–H groups in total.